The molecule has 0 spiro atoms. The molecule has 1 amide bonds. The average Bonchev–Trinajstić information content (AvgIpc) is 3.12. The Labute approximate surface area is 177 Å². The molecule has 0 aliphatic heterocycles. The van der Waals surface area contributed by atoms with Gasteiger partial charge in [-0.2, -0.15) is 18.2 Å². The van der Waals surface area contributed by atoms with E-state index in [4.69, 9.17) is 4.74 Å². The van der Waals surface area contributed by atoms with E-state index in [1.54, 1.807) is 21.0 Å². The topological polar surface area (TPSA) is 81.4 Å². The summed E-state index contributed by atoms with van der Waals surface area (Å²) in [6.45, 7) is 5.77. The van der Waals surface area contributed by atoms with Crippen molar-refractivity contribution in [2.75, 3.05) is 13.7 Å². The molecule has 0 saturated heterocycles. The van der Waals surface area contributed by atoms with Crippen LogP contribution in [0.1, 0.15) is 40.3 Å². The first-order valence-corrected chi connectivity index (χ1v) is 9.80. The maximum absolute atomic E-state index is 12.9. The molecule has 7 nitrogen and oxygen atoms in total. The van der Waals surface area contributed by atoms with Gasteiger partial charge in [0.15, 0.2) is 0 Å². The molecule has 0 saturated carbocycles. The van der Waals surface area contributed by atoms with Crippen molar-refractivity contribution in [1.29, 1.82) is 0 Å². The van der Waals surface area contributed by atoms with Gasteiger partial charge in [-0.1, -0.05) is 17.7 Å². The molecule has 31 heavy (non-hydrogen) atoms. The minimum Gasteiger partial charge on any atom is -0.496 e. The van der Waals surface area contributed by atoms with Gasteiger partial charge in [0, 0.05) is 24.4 Å². The van der Waals surface area contributed by atoms with Crippen LogP contribution in [0.25, 0.3) is 5.78 Å². The first-order chi connectivity index (χ1) is 14.6. The number of methoxy groups -OCH3 is 1. The number of rotatable bonds is 7. The first-order valence-electron chi connectivity index (χ1n) is 9.80. The molecule has 0 unspecified atom stereocenters. The molecule has 0 atom stereocenters. The zero-order valence-electron chi connectivity index (χ0n) is 17.8. The molecular weight excluding hydrogens is 411 g/mol. The summed E-state index contributed by atoms with van der Waals surface area (Å²) in [5.41, 5.74) is 3.82. The van der Waals surface area contributed by atoms with E-state index >= 15 is 0 Å². The molecule has 0 bridgehead atoms. The van der Waals surface area contributed by atoms with E-state index in [1.165, 1.54) is 0 Å². The lowest BCUT2D eigenvalue weighted by atomic mass is 10.1. The Morgan fingerprint density at radius 3 is 2.58 bits per heavy atom. The second-order valence-electron chi connectivity index (χ2n) is 7.32. The van der Waals surface area contributed by atoms with Crippen LogP contribution in [0.4, 0.5) is 13.2 Å². The Morgan fingerprint density at radius 1 is 1.16 bits per heavy atom. The predicted molar refractivity (Wildman–Crippen MR) is 108 cm³/mol. The van der Waals surface area contributed by atoms with Gasteiger partial charge >= 0.3 is 6.18 Å². The molecule has 0 aliphatic rings. The fraction of sp³-hybridized carbons (Fsp3) is 0.429. The lowest BCUT2D eigenvalue weighted by Crippen LogP contribution is -2.26. The van der Waals surface area contributed by atoms with Gasteiger partial charge in [-0.25, -0.2) is 9.50 Å². The van der Waals surface area contributed by atoms with Crippen LogP contribution < -0.4 is 10.1 Å². The Balaban J connectivity index is 1.63. The molecule has 0 fully saturated rings. The van der Waals surface area contributed by atoms with Crippen molar-refractivity contribution in [2.24, 2.45) is 0 Å². The number of hydrogen-bond acceptors (Lipinski definition) is 5. The summed E-state index contributed by atoms with van der Waals surface area (Å²) in [4.78, 5) is 19.9. The molecular formula is C21H24F3N5O2. The highest BCUT2D eigenvalue weighted by atomic mass is 19.4. The minimum atomic E-state index is -4.64. The Bertz CT molecular complexity index is 1110. The van der Waals surface area contributed by atoms with Crippen LogP contribution in [0, 0.1) is 20.8 Å². The molecule has 166 valence electrons. The van der Waals surface area contributed by atoms with Crippen molar-refractivity contribution >= 4 is 11.7 Å². The van der Waals surface area contributed by atoms with E-state index in [-0.39, 0.29) is 18.1 Å². The SMILES string of the molecule is COc1ccc(C)cc1CCNC(=O)CCc1c(C)nc2nc(C(F)(F)F)nn2c1C. The first kappa shape index (κ1) is 22.5. The van der Waals surface area contributed by atoms with Crippen molar-refractivity contribution < 1.29 is 22.7 Å². The highest BCUT2D eigenvalue weighted by Gasteiger charge is 2.36. The van der Waals surface area contributed by atoms with Crippen LogP contribution in [0.2, 0.25) is 0 Å². The summed E-state index contributed by atoms with van der Waals surface area (Å²) in [5.74, 6) is -0.719. The number of nitrogens with one attached hydrogen (secondary N) is 1. The smallest absolute Gasteiger partial charge is 0.453 e. The van der Waals surface area contributed by atoms with Crippen molar-refractivity contribution in [3.8, 4) is 5.75 Å². The third-order valence-corrected chi connectivity index (χ3v) is 5.06. The quantitative estimate of drug-likeness (QED) is 0.616. The Kier molecular flexibility index (Phi) is 6.47. The molecule has 2 heterocycles. The second-order valence-corrected chi connectivity index (χ2v) is 7.32. The number of halogens is 3. The van der Waals surface area contributed by atoms with Gasteiger partial charge in [-0.15, -0.1) is 5.10 Å². The highest BCUT2D eigenvalue weighted by molar-refractivity contribution is 5.76. The minimum absolute atomic E-state index is 0.109. The lowest BCUT2D eigenvalue weighted by Gasteiger charge is -2.12. The van der Waals surface area contributed by atoms with E-state index in [1.807, 2.05) is 25.1 Å². The number of hydrogen-bond donors (Lipinski definition) is 1. The summed E-state index contributed by atoms with van der Waals surface area (Å²) in [5, 5.41) is 6.40. The van der Waals surface area contributed by atoms with E-state index in [0.29, 0.717) is 36.3 Å². The summed E-state index contributed by atoms with van der Waals surface area (Å²) >= 11 is 0. The number of aryl methyl sites for hydroxylation is 3. The molecule has 3 aromatic rings. The van der Waals surface area contributed by atoms with Gasteiger partial charge in [0.05, 0.1) is 7.11 Å². The number of carbonyl (C=O) groups excluding carboxylic acids is 1. The maximum atomic E-state index is 12.9. The fourth-order valence-electron chi connectivity index (χ4n) is 3.46. The van der Waals surface area contributed by atoms with Gasteiger partial charge < -0.3 is 10.1 Å². The van der Waals surface area contributed by atoms with Crippen LogP contribution >= 0.6 is 0 Å². The third-order valence-electron chi connectivity index (χ3n) is 5.06. The van der Waals surface area contributed by atoms with Crippen LogP contribution in [-0.2, 0) is 23.8 Å². The number of ether oxygens (including phenoxy) is 1. The normalized spacial score (nSPS) is 11.7. The molecule has 0 radical (unpaired) electrons. The van der Waals surface area contributed by atoms with Crippen LogP contribution in [0.15, 0.2) is 18.2 Å². The molecule has 0 aliphatic carbocycles. The van der Waals surface area contributed by atoms with Gasteiger partial charge in [0.1, 0.15) is 5.75 Å². The molecule has 1 N–H and O–H groups in total. The number of alkyl halides is 3. The fourth-order valence-corrected chi connectivity index (χ4v) is 3.46. The summed E-state index contributed by atoms with van der Waals surface area (Å²) < 4.78 is 45.1. The van der Waals surface area contributed by atoms with Crippen LogP contribution in [0.3, 0.4) is 0 Å². The van der Waals surface area contributed by atoms with E-state index in [2.05, 4.69) is 20.4 Å². The summed E-state index contributed by atoms with van der Waals surface area (Å²) in [6.07, 6.45) is -3.50. The molecule has 1 aromatic carbocycles. The average molecular weight is 435 g/mol. The van der Waals surface area contributed by atoms with Gasteiger partial charge in [0.2, 0.25) is 5.91 Å². The second kappa shape index (κ2) is 8.91. The third kappa shape index (κ3) is 5.12. The number of fused-ring (bicyclic) bond motifs is 1. The zero-order valence-corrected chi connectivity index (χ0v) is 17.8. The zero-order chi connectivity index (χ0) is 22.8. The Hall–Kier alpha value is -3.17. The van der Waals surface area contributed by atoms with E-state index in [9.17, 15) is 18.0 Å². The van der Waals surface area contributed by atoms with E-state index in [0.717, 1.165) is 21.4 Å². The summed E-state index contributed by atoms with van der Waals surface area (Å²) in [6, 6.07) is 5.88. The molecule has 3 rings (SSSR count). The molecule has 10 heteroatoms. The number of benzene rings is 1. The Morgan fingerprint density at radius 2 is 1.90 bits per heavy atom. The van der Waals surface area contributed by atoms with E-state index < -0.39 is 12.0 Å². The van der Waals surface area contributed by atoms with Crippen molar-refractivity contribution in [2.45, 2.75) is 46.2 Å². The lowest BCUT2D eigenvalue weighted by molar-refractivity contribution is -0.144. The molecule has 2 aromatic heterocycles. The standard InChI is InChI=1S/C21H24F3N5O2/c1-12-5-7-17(31-4)15(11-12)9-10-25-18(30)8-6-16-13(2)26-20-27-19(21(22,23)24)28-29(20)14(16)3/h5,7,11H,6,8-10H2,1-4H3,(H,25,30). The predicted octanol–water partition coefficient (Wildman–Crippen LogP) is 3.37. The van der Waals surface area contributed by atoms with Crippen molar-refractivity contribution in [1.82, 2.24) is 24.9 Å². The van der Waals surface area contributed by atoms with Crippen LogP contribution in [0.5, 0.6) is 5.75 Å². The monoisotopic (exact) mass is 435 g/mol. The van der Waals surface area contributed by atoms with Crippen molar-refractivity contribution in [3.63, 3.8) is 0 Å². The maximum Gasteiger partial charge on any atom is 0.453 e. The van der Waals surface area contributed by atoms with Gasteiger partial charge in [-0.05, 0) is 50.8 Å². The van der Waals surface area contributed by atoms with Crippen molar-refractivity contribution in [3.05, 3.63) is 52.1 Å². The summed E-state index contributed by atoms with van der Waals surface area (Å²) in [7, 11) is 1.61. The van der Waals surface area contributed by atoms with Crippen LogP contribution in [-0.4, -0.2) is 39.1 Å². The number of nitrogens with zero attached hydrogens (tertiary/aromatic N) is 4. The number of aromatic nitrogens is 4. The number of amides is 1. The van der Waals surface area contributed by atoms with Gasteiger partial charge in [0.25, 0.3) is 11.6 Å². The van der Waals surface area contributed by atoms with Gasteiger partial charge in [-0.3, -0.25) is 4.79 Å². The largest absolute Gasteiger partial charge is 0.496 e. The highest BCUT2D eigenvalue weighted by Crippen LogP contribution is 2.27. The number of carbonyl (C=O) groups is 1.